The van der Waals surface area contributed by atoms with Crippen LogP contribution in [0.15, 0.2) is 72.1 Å². The fourth-order valence-electron chi connectivity index (χ4n) is 4.73. The second-order valence-electron chi connectivity index (χ2n) is 10.6. The van der Waals surface area contributed by atoms with E-state index in [-0.39, 0.29) is 16.9 Å². The third-order valence-corrected chi connectivity index (χ3v) is 8.16. The number of piperidine rings is 1. The molecule has 1 aliphatic rings. The lowest BCUT2D eigenvalue weighted by molar-refractivity contribution is 0.0165. The van der Waals surface area contributed by atoms with Crippen molar-refractivity contribution >= 4 is 27.1 Å². The zero-order chi connectivity index (χ0) is 26.9. The molecule has 0 aliphatic carbocycles. The van der Waals surface area contributed by atoms with Crippen molar-refractivity contribution < 1.29 is 17.9 Å². The van der Waals surface area contributed by atoms with Crippen molar-refractivity contribution in [2.75, 3.05) is 13.1 Å². The molecule has 0 spiro atoms. The van der Waals surface area contributed by atoms with Crippen LogP contribution >= 0.6 is 0 Å². The average molecular weight is 534 g/mol. The summed E-state index contributed by atoms with van der Waals surface area (Å²) in [4.78, 5) is 27.9. The Kier molecular flexibility index (Phi) is 6.92. The van der Waals surface area contributed by atoms with Gasteiger partial charge in [-0.15, -0.1) is 0 Å². The van der Waals surface area contributed by atoms with Crippen molar-refractivity contribution in [2.24, 2.45) is 5.92 Å². The maximum absolute atomic E-state index is 13.1. The monoisotopic (exact) mass is 533 g/mol. The molecule has 0 radical (unpaired) electrons. The van der Waals surface area contributed by atoms with Gasteiger partial charge in [0.2, 0.25) is 0 Å². The minimum atomic E-state index is -3.75. The summed E-state index contributed by atoms with van der Waals surface area (Å²) < 4.78 is 33.0. The maximum Gasteiger partial charge on any atom is 0.410 e. The molecule has 4 aromatic rings. The van der Waals surface area contributed by atoms with Gasteiger partial charge in [-0.05, 0) is 76.3 Å². The molecular formula is C28H31N5O4S. The first-order valence-corrected chi connectivity index (χ1v) is 14.1. The highest BCUT2D eigenvalue weighted by molar-refractivity contribution is 7.90. The molecule has 1 fully saturated rings. The quantitative estimate of drug-likeness (QED) is 0.358. The normalized spacial score (nSPS) is 16.5. The topological polar surface area (TPSA) is 107 Å². The Morgan fingerprint density at radius 3 is 2.63 bits per heavy atom. The van der Waals surface area contributed by atoms with E-state index in [1.54, 1.807) is 47.5 Å². The van der Waals surface area contributed by atoms with Crippen LogP contribution in [-0.2, 0) is 21.2 Å². The summed E-state index contributed by atoms with van der Waals surface area (Å²) >= 11 is 0. The van der Waals surface area contributed by atoms with Gasteiger partial charge < -0.3 is 9.64 Å². The third-order valence-electron chi connectivity index (χ3n) is 6.48. The van der Waals surface area contributed by atoms with Gasteiger partial charge in [0, 0.05) is 42.1 Å². The molecule has 5 rings (SSSR count). The molecule has 0 saturated carbocycles. The standard InChI is InChI=1S/C28H31N5O4S/c1-28(2,3)37-27(34)32-12-7-8-20(18-32)14-23-16-25(31-19-30-23)22-15-21-11-13-33(26(21)29-17-22)38(35,36)24-9-5-4-6-10-24/h4-6,9-11,13,15-17,19-20H,7-8,12,14,18H2,1-3H3. The Labute approximate surface area is 222 Å². The van der Waals surface area contributed by atoms with Gasteiger partial charge in [0.05, 0.1) is 10.6 Å². The lowest BCUT2D eigenvalue weighted by Crippen LogP contribution is -2.43. The van der Waals surface area contributed by atoms with Gasteiger partial charge in [-0.25, -0.2) is 32.1 Å². The second-order valence-corrected chi connectivity index (χ2v) is 12.4. The number of ether oxygens (including phenoxy) is 1. The fourth-order valence-corrected chi connectivity index (χ4v) is 6.06. The number of likely N-dealkylation sites (tertiary alicyclic amines) is 1. The molecule has 0 bridgehead atoms. The number of rotatable bonds is 5. The average Bonchev–Trinajstić information content (AvgIpc) is 3.33. The van der Waals surface area contributed by atoms with Crippen LogP contribution in [0.25, 0.3) is 22.3 Å². The van der Waals surface area contributed by atoms with Crippen molar-refractivity contribution in [1.82, 2.24) is 23.8 Å². The Hall–Kier alpha value is -3.79. The minimum absolute atomic E-state index is 0.205. The van der Waals surface area contributed by atoms with E-state index in [0.717, 1.165) is 30.5 Å². The number of hydrogen-bond donors (Lipinski definition) is 0. The van der Waals surface area contributed by atoms with Gasteiger partial charge >= 0.3 is 6.09 Å². The summed E-state index contributed by atoms with van der Waals surface area (Å²) in [6, 6.07) is 13.9. The Morgan fingerprint density at radius 1 is 1.08 bits per heavy atom. The van der Waals surface area contributed by atoms with Crippen LogP contribution in [0.2, 0.25) is 0 Å². The van der Waals surface area contributed by atoms with E-state index in [2.05, 4.69) is 15.0 Å². The van der Waals surface area contributed by atoms with Crippen LogP contribution in [0.5, 0.6) is 0 Å². The van der Waals surface area contributed by atoms with Gasteiger partial charge in [-0.2, -0.15) is 0 Å². The van der Waals surface area contributed by atoms with E-state index in [1.807, 2.05) is 32.9 Å². The molecule has 1 saturated heterocycles. The number of nitrogens with zero attached hydrogens (tertiary/aromatic N) is 5. The molecule has 0 N–H and O–H groups in total. The Balaban J connectivity index is 1.34. The lowest BCUT2D eigenvalue weighted by Gasteiger charge is -2.34. The van der Waals surface area contributed by atoms with E-state index in [0.29, 0.717) is 29.8 Å². The first-order chi connectivity index (χ1) is 18.1. The molecule has 3 aromatic heterocycles. The van der Waals surface area contributed by atoms with Crippen LogP contribution in [0.4, 0.5) is 4.79 Å². The summed E-state index contributed by atoms with van der Waals surface area (Å²) in [5.74, 6) is 0.275. The minimum Gasteiger partial charge on any atom is -0.444 e. The predicted octanol–water partition coefficient (Wildman–Crippen LogP) is 4.92. The van der Waals surface area contributed by atoms with E-state index in [1.165, 1.54) is 16.5 Å². The van der Waals surface area contributed by atoms with Crippen molar-refractivity contribution in [3.63, 3.8) is 0 Å². The largest absolute Gasteiger partial charge is 0.444 e. The Morgan fingerprint density at radius 2 is 1.87 bits per heavy atom. The van der Waals surface area contributed by atoms with Gasteiger partial charge in [-0.1, -0.05) is 18.2 Å². The third kappa shape index (κ3) is 5.55. The highest BCUT2D eigenvalue weighted by Crippen LogP contribution is 2.27. The van der Waals surface area contributed by atoms with Gasteiger partial charge in [-0.3, -0.25) is 0 Å². The molecule has 1 aliphatic heterocycles. The fraction of sp³-hybridized carbons (Fsp3) is 0.357. The number of hydrogen-bond acceptors (Lipinski definition) is 7. The molecule has 1 atom stereocenters. The lowest BCUT2D eigenvalue weighted by atomic mass is 9.93. The molecule has 198 valence electrons. The van der Waals surface area contributed by atoms with Crippen LogP contribution in [0, 0.1) is 5.92 Å². The van der Waals surface area contributed by atoms with E-state index >= 15 is 0 Å². The SMILES string of the molecule is CC(C)(C)OC(=O)N1CCCC(Cc2cc(-c3cnc4c(ccn4S(=O)(=O)c4ccccc4)c3)ncn2)C1. The zero-order valence-corrected chi connectivity index (χ0v) is 22.6. The molecule has 1 aromatic carbocycles. The van der Waals surface area contributed by atoms with Crippen molar-refractivity contribution in [1.29, 1.82) is 0 Å². The molecule has 9 nitrogen and oxygen atoms in total. The van der Waals surface area contributed by atoms with E-state index in [9.17, 15) is 13.2 Å². The number of carbonyl (C=O) groups excluding carboxylic acids is 1. The van der Waals surface area contributed by atoms with E-state index < -0.39 is 15.6 Å². The number of carbonyl (C=O) groups is 1. The highest BCUT2D eigenvalue weighted by atomic mass is 32.2. The zero-order valence-electron chi connectivity index (χ0n) is 21.7. The molecule has 10 heteroatoms. The number of aromatic nitrogens is 4. The summed E-state index contributed by atoms with van der Waals surface area (Å²) in [5.41, 5.74) is 2.21. The number of amides is 1. The highest BCUT2D eigenvalue weighted by Gasteiger charge is 2.28. The molecule has 1 amide bonds. The summed E-state index contributed by atoms with van der Waals surface area (Å²) in [6.45, 7) is 6.95. The molecule has 1 unspecified atom stereocenters. The summed E-state index contributed by atoms with van der Waals surface area (Å²) in [7, 11) is -3.75. The second kappa shape index (κ2) is 10.2. The Bertz CT molecular complexity index is 1560. The van der Waals surface area contributed by atoms with Crippen LogP contribution in [0.3, 0.4) is 0 Å². The van der Waals surface area contributed by atoms with Crippen molar-refractivity contribution in [3.05, 3.63) is 72.9 Å². The number of pyridine rings is 1. The number of fused-ring (bicyclic) bond motifs is 1. The predicted molar refractivity (Wildman–Crippen MR) is 144 cm³/mol. The summed E-state index contributed by atoms with van der Waals surface area (Å²) in [6.07, 6.45) is 7.07. The molecular weight excluding hydrogens is 502 g/mol. The number of benzene rings is 1. The van der Waals surface area contributed by atoms with Gasteiger partial charge in [0.25, 0.3) is 10.0 Å². The van der Waals surface area contributed by atoms with E-state index in [4.69, 9.17) is 4.74 Å². The van der Waals surface area contributed by atoms with Gasteiger partial charge in [0.15, 0.2) is 5.65 Å². The maximum atomic E-state index is 13.1. The van der Waals surface area contributed by atoms with Crippen LogP contribution < -0.4 is 0 Å². The molecule has 38 heavy (non-hydrogen) atoms. The van der Waals surface area contributed by atoms with Crippen molar-refractivity contribution in [3.8, 4) is 11.3 Å². The van der Waals surface area contributed by atoms with Crippen LogP contribution in [0.1, 0.15) is 39.3 Å². The summed E-state index contributed by atoms with van der Waals surface area (Å²) in [5, 5.41) is 0.697. The van der Waals surface area contributed by atoms with Gasteiger partial charge in [0.1, 0.15) is 11.9 Å². The van der Waals surface area contributed by atoms with Crippen LogP contribution in [-0.4, -0.2) is 57.0 Å². The first kappa shape index (κ1) is 25.8. The van der Waals surface area contributed by atoms with Crippen molar-refractivity contribution in [2.45, 2.75) is 50.5 Å². The first-order valence-electron chi connectivity index (χ1n) is 12.7. The molecule has 4 heterocycles. The smallest absolute Gasteiger partial charge is 0.410 e.